The molecule has 1 N–H and O–H groups in total. The van der Waals surface area contributed by atoms with E-state index >= 15 is 0 Å². The first kappa shape index (κ1) is 19.1. The highest BCUT2D eigenvalue weighted by molar-refractivity contribution is 6.07. The van der Waals surface area contributed by atoms with Gasteiger partial charge in [-0.3, -0.25) is 9.59 Å². The van der Waals surface area contributed by atoms with Gasteiger partial charge < -0.3 is 14.8 Å². The van der Waals surface area contributed by atoms with Crippen LogP contribution < -0.4 is 14.8 Å². The number of halogens is 2. The molecule has 0 bridgehead atoms. The fraction of sp³-hybridized carbons (Fsp3) is 0.158. The molecule has 0 unspecified atom stereocenters. The first-order valence-electron chi connectivity index (χ1n) is 7.62. The Balaban J connectivity index is 2.12. The minimum absolute atomic E-state index is 0.0977. The minimum atomic E-state index is -2.96. The van der Waals surface area contributed by atoms with Crippen molar-refractivity contribution in [3.05, 3.63) is 59.7 Å². The van der Waals surface area contributed by atoms with E-state index in [4.69, 9.17) is 4.74 Å². The lowest BCUT2D eigenvalue weighted by Crippen LogP contribution is -2.11. The number of benzene rings is 2. The van der Waals surface area contributed by atoms with Crippen molar-refractivity contribution in [2.24, 2.45) is 0 Å². The maximum absolute atomic E-state index is 12.3. The van der Waals surface area contributed by atoms with Crippen LogP contribution in [0.4, 0.5) is 14.5 Å². The number of ether oxygens (including phenoxy) is 2. The summed E-state index contributed by atoms with van der Waals surface area (Å²) in [6.07, 6.45) is 2.75. The predicted molar refractivity (Wildman–Crippen MR) is 93.7 cm³/mol. The number of para-hydroxylation sites is 1. The number of rotatable bonds is 7. The summed E-state index contributed by atoms with van der Waals surface area (Å²) < 4.78 is 34.0. The molecule has 2 aromatic carbocycles. The molecular formula is C19H17F2NO4. The lowest BCUT2D eigenvalue weighted by atomic mass is 10.1. The van der Waals surface area contributed by atoms with E-state index < -0.39 is 12.5 Å². The van der Waals surface area contributed by atoms with Crippen LogP contribution in [-0.2, 0) is 4.79 Å². The summed E-state index contributed by atoms with van der Waals surface area (Å²) in [5.74, 6) is -0.580. The number of carbonyl (C=O) groups is 2. The molecule has 0 fully saturated rings. The van der Waals surface area contributed by atoms with Crippen LogP contribution in [0.15, 0.2) is 48.5 Å². The summed E-state index contributed by atoms with van der Waals surface area (Å²) in [7, 11) is 1.33. The minimum Gasteiger partial charge on any atom is -0.493 e. The molecule has 2 aromatic rings. The van der Waals surface area contributed by atoms with Crippen molar-refractivity contribution in [1.29, 1.82) is 0 Å². The highest BCUT2D eigenvalue weighted by Gasteiger charge is 2.11. The van der Waals surface area contributed by atoms with Gasteiger partial charge in [-0.25, -0.2) is 0 Å². The van der Waals surface area contributed by atoms with Crippen LogP contribution in [0.25, 0.3) is 6.08 Å². The number of ketones is 1. The van der Waals surface area contributed by atoms with Crippen molar-refractivity contribution >= 4 is 23.5 Å². The normalized spacial score (nSPS) is 10.8. The highest BCUT2D eigenvalue weighted by atomic mass is 19.3. The SMILES string of the molecule is COc1cc(/C=C/C(=O)Nc2ccccc2C(C)=O)ccc1OC(F)F. The maximum Gasteiger partial charge on any atom is 0.387 e. The van der Waals surface area contributed by atoms with Crippen molar-refractivity contribution in [2.75, 3.05) is 12.4 Å². The van der Waals surface area contributed by atoms with Crippen LogP contribution in [0.3, 0.4) is 0 Å². The van der Waals surface area contributed by atoms with Crippen molar-refractivity contribution in [2.45, 2.75) is 13.5 Å². The zero-order valence-corrected chi connectivity index (χ0v) is 14.2. The van der Waals surface area contributed by atoms with E-state index in [1.54, 1.807) is 24.3 Å². The molecule has 0 aliphatic heterocycles. The van der Waals surface area contributed by atoms with E-state index in [0.717, 1.165) is 0 Å². The number of amides is 1. The second-order valence-electron chi connectivity index (χ2n) is 5.21. The van der Waals surface area contributed by atoms with Gasteiger partial charge in [0, 0.05) is 11.6 Å². The number of alkyl halides is 2. The first-order chi connectivity index (χ1) is 12.4. The standard InChI is InChI=1S/C19H17F2NO4/c1-12(23)14-5-3-4-6-15(14)22-18(24)10-8-13-7-9-16(26-19(20)21)17(11-13)25-2/h3-11,19H,1-2H3,(H,22,24)/b10-8+. The van der Waals surface area contributed by atoms with Gasteiger partial charge >= 0.3 is 6.61 Å². The molecule has 1 amide bonds. The fourth-order valence-corrected chi connectivity index (χ4v) is 2.23. The Morgan fingerprint density at radius 2 is 1.85 bits per heavy atom. The molecule has 136 valence electrons. The molecule has 0 spiro atoms. The Morgan fingerprint density at radius 3 is 2.50 bits per heavy atom. The average molecular weight is 361 g/mol. The van der Waals surface area contributed by atoms with Gasteiger partial charge in [0.25, 0.3) is 0 Å². The summed E-state index contributed by atoms with van der Waals surface area (Å²) in [5, 5.41) is 2.63. The van der Waals surface area contributed by atoms with E-state index in [9.17, 15) is 18.4 Å². The number of Topliss-reactive ketones (excluding diaryl/α,β-unsaturated/α-hetero) is 1. The molecule has 2 rings (SSSR count). The Morgan fingerprint density at radius 1 is 1.12 bits per heavy atom. The van der Waals surface area contributed by atoms with E-state index in [1.807, 2.05) is 0 Å². The second-order valence-corrected chi connectivity index (χ2v) is 5.21. The van der Waals surface area contributed by atoms with Crippen LogP contribution in [0.2, 0.25) is 0 Å². The predicted octanol–water partition coefficient (Wildman–Crippen LogP) is 4.15. The van der Waals surface area contributed by atoms with Crippen LogP contribution in [0.5, 0.6) is 11.5 Å². The number of hydrogen-bond donors (Lipinski definition) is 1. The summed E-state index contributed by atoms with van der Waals surface area (Å²) >= 11 is 0. The molecule has 5 nitrogen and oxygen atoms in total. The lowest BCUT2D eigenvalue weighted by molar-refractivity contribution is -0.111. The Bertz CT molecular complexity index is 834. The van der Waals surface area contributed by atoms with Crippen molar-refractivity contribution in [1.82, 2.24) is 0 Å². The summed E-state index contributed by atoms with van der Waals surface area (Å²) in [4.78, 5) is 23.6. The first-order valence-corrected chi connectivity index (χ1v) is 7.62. The molecule has 0 saturated carbocycles. The summed E-state index contributed by atoms with van der Waals surface area (Å²) in [5.41, 5.74) is 1.37. The summed E-state index contributed by atoms with van der Waals surface area (Å²) in [6.45, 7) is -1.55. The van der Waals surface area contributed by atoms with Crippen molar-refractivity contribution in [3.63, 3.8) is 0 Å². The Kier molecular flexibility index (Phi) is 6.43. The van der Waals surface area contributed by atoms with Gasteiger partial charge in [0.05, 0.1) is 12.8 Å². The van der Waals surface area contributed by atoms with Gasteiger partial charge in [-0.2, -0.15) is 8.78 Å². The van der Waals surface area contributed by atoms with Gasteiger partial charge in [-0.1, -0.05) is 18.2 Å². The lowest BCUT2D eigenvalue weighted by Gasteiger charge is -2.10. The van der Waals surface area contributed by atoms with Gasteiger partial charge in [0.2, 0.25) is 5.91 Å². The third-order valence-electron chi connectivity index (χ3n) is 3.40. The van der Waals surface area contributed by atoms with E-state index in [2.05, 4.69) is 10.1 Å². The zero-order chi connectivity index (χ0) is 19.1. The molecule has 0 heterocycles. The Labute approximate surface area is 149 Å². The van der Waals surface area contributed by atoms with Gasteiger partial charge in [-0.05, 0) is 42.8 Å². The van der Waals surface area contributed by atoms with Crippen molar-refractivity contribution < 1.29 is 27.8 Å². The molecular weight excluding hydrogens is 344 g/mol. The number of nitrogens with one attached hydrogen (secondary N) is 1. The van der Waals surface area contributed by atoms with E-state index in [0.29, 0.717) is 16.8 Å². The maximum atomic E-state index is 12.3. The number of anilines is 1. The third kappa shape index (κ3) is 5.14. The Hall–Kier alpha value is -3.22. The highest BCUT2D eigenvalue weighted by Crippen LogP contribution is 2.29. The summed E-state index contributed by atoms with van der Waals surface area (Å²) in [6, 6.07) is 11.0. The van der Waals surface area contributed by atoms with Crippen LogP contribution in [0.1, 0.15) is 22.8 Å². The number of methoxy groups -OCH3 is 1. The number of carbonyl (C=O) groups excluding carboxylic acids is 2. The monoisotopic (exact) mass is 361 g/mol. The van der Waals surface area contributed by atoms with Gasteiger partial charge in [-0.15, -0.1) is 0 Å². The smallest absolute Gasteiger partial charge is 0.387 e. The molecule has 26 heavy (non-hydrogen) atoms. The molecule has 0 aliphatic carbocycles. The van der Waals surface area contributed by atoms with Crippen LogP contribution in [-0.4, -0.2) is 25.4 Å². The number of hydrogen-bond acceptors (Lipinski definition) is 4. The van der Waals surface area contributed by atoms with Crippen LogP contribution in [0, 0.1) is 0 Å². The molecule has 0 aromatic heterocycles. The van der Waals surface area contributed by atoms with Crippen LogP contribution >= 0.6 is 0 Å². The quantitative estimate of drug-likeness (QED) is 0.594. The molecule has 0 saturated heterocycles. The zero-order valence-electron chi connectivity index (χ0n) is 14.2. The fourth-order valence-electron chi connectivity index (χ4n) is 2.23. The third-order valence-corrected chi connectivity index (χ3v) is 3.40. The second kappa shape index (κ2) is 8.75. The van der Waals surface area contributed by atoms with Gasteiger partial charge in [0.15, 0.2) is 17.3 Å². The molecule has 0 radical (unpaired) electrons. The largest absolute Gasteiger partial charge is 0.493 e. The van der Waals surface area contributed by atoms with E-state index in [1.165, 1.54) is 44.4 Å². The molecule has 7 heteroatoms. The molecule has 0 atom stereocenters. The average Bonchev–Trinajstić information content (AvgIpc) is 2.60. The topological polar surface area (TPSA) is 64.6 Å². The van der Waals surface area contributed by atoms with Crippen molar-refractivity contribution in [3.8, 4) is 11.5 Å². The van der Waals surface area contributed by atoms with E-state index in [-0.39, 0.29) is 17.3 Å². The van der Waals surface area contributed by atoms with Gasteiger partial charge in [0.1, 0.15) is 0 Å². The molecule has 0 aliphatic rings.